The van der Waals surface area contributed by atoms with Crippen LogP contribution in [0.2, 0.25) is 0 Å². The molecule has 30 heavy (non-hydrogen) atoms. The average molecular weight is 408 g/mol. The monoisotopic (exact) mass is 408 g/mol. The van der Waals surface area contributed by atoms with E-state index in [1.54, 1.807) is 30.3 Å². The predicted molar refractivity (Wildman–Crippen MR) is 112 cm³/mol. The van der Waals surface area contributed by atoms with Crippen molar-refractivity contribution in [3.05, 3.63) is 82.9 Å². The van der Waals surface area contributed by atoms with E-state index in [1.807, 2.05) is 0 Å². The number of rotatable bonds is 11. The molecule has 0 aromatic heterocycles. The second-order valence-corrected chi connectivity index (χ2v) is 6.76. The Bertz CT molecular complexity index is 949. The first-order valence-corrected chi connectivity index (χ1v) is 9.54. The Morgan fingerprint density at radius 2 is 1.43 bits per heavy atom. The molecule has 0 saturated heterocycles. The topological polar surface area (TPSA) is 141 Å². The molecule has 0 aliphatic heterocycles. The number of aliphatic carboxylic acids is 1. The number of carbonyl (C=O) groups excluding carboxylic acids is 3. The number of carbonyl (C=O) groups is 4. The molecule has 7 heteroatoms. The van der Waals surface area contributed by atoms with Crippen molar-refractivity contribution in [1.29, 1.82) is 0 Å². The van der Waals surface area contributed by atoms with Crippen molar-refractivity contribution in [1.82, 2.24) is 0 Å². The van der Waals surface area contributed by atoms with Gasteiger partial charge in [-0.2, -0.15) is 0 Å². The van der Waals surface area contributed by atoms with Gasteiger partial charge in [-0.15, -0.1) is 0 Å². The third-order valence-corrected chi connectivity index (χ3v) is 4.54. The third kappa shape index (κ3) is 6.04. The Labute approximate surface area is 174 Å². The van der Waals surface area contributed by atoms with Gasteiger partial charge in [0.05, 0.1) is 6.04 Å². The van der Waals surface area contributed by atoms with Gasteiger partial charge in [-0.05, 0) is 19.4 Å². The summed E-state index contributed by atoms with van der Waals surface area (Å²) in [6.45, 7) is 0.471. The normalized spacial score (nSPS) is 12.3. The second kappa shape index (κ2) is 10.9. The van der Waals surface area contributed by atoms with E-state index in [0.717, 1.165) is 6.08 Å². The summed E-state index contributed by atoms with van der Waals surface area (Å²) in [4.78, 5) is 48.8. The van der Waals surface area contributed by atoms with E-state index in [9.17, 15) is 24.3 Å². The van der Waals surface area contributed by atoms with Gasteiger partial charge in [0.1, 0.15) is 5.57 Å². The summed E-state index contributed by atoms with van der Waals surface area (Å²) in [7, 11) is 0. The Hall–Kier alpha value is -3.42. The molecule has 1 atom stereocenters. The summed E-state index contributed by atoms with van der Waals surface area (Å²) in [6, 6.07) is 13.4. The van der Waals surface area contributed by atoms with Crippen LogP contribution >= 0.6 is 0 Å². The summed E-state index contributed by atoms with van der Waals surface area (Å²) in [6.07, 6.45) is 2.46. The van der Waals surface area contributed by atoms with Gasteiger partial charge >= 0.3 is 5.97 Å². The van der Waals surface area contributed by atoms with Crippen molar-refractivity contribution in [2.45, 2.75) is 25.3 Å². The zero-order chi connectivity index (χ0) is 22.1. The molecule has 2 rings (SSSR count). The van der Waals surface area contributed by atoms with Crippen LogP contribution in [0.1, 0.15) is 45.5 Å². The molecule has 2 aromatic rings. The van der Waals surface area contributed by atoms with Crippen molar-refractivity contribution in [3.8, 4) is 0 Å². The van der Waals surface area contributed by atoms with E-state index >= 15 is 0 Å². The lowest BCUT2D eigenvalue weighted by atomic mass is 9.97. The van der Waals surface area contributed by atoms with Crippen molar-refractivity contribution in [3.63, 3.8) is 0 Å². The van der Waals surface area contributed by atoms with Gasteiger partial charge in [-0.1, -0.05) is 61.0 Å². The van der Waals surface area contributed by atoms with Gasteiger partial charge < -0.3 is 16.6 Å². The number of ketones is 3. The highest BCUT2D eigenvalue weighted by atomic mass is 16.4. The van der Waals surface area contributed by atoms with Crippen LogP contribution in [-0.2, 0) is 9.59 Å². The average Bonchev–Trinajstić information content (AvgIpc) is 2.77. The predicted octanol–water partition coefficient (Wildman–Crippen LogP) is 2.14. The molecule has 0 amide bonds. The Balaban J connectivity index is 2.18. The zero-order valence-corrected chi connectivity index (χ0v) is 16.4. The lowest BCUT2D eigenvalue weighted by molar-refractivity contribution is -0.132. The number of benzene rings is 2. The van der Waals surface area contributed by atoms with Crippen LogP contribution in [0.15, 0.2) is 66.2 Å². The Morgan fingerprint density at radius 3 is 2.00 bits per heavy atom. The van der Waals surface area contributed by atoms with Gasteiger partial charge in [0.2, 0.25) is 0 Å². The van der Waals surface area contributed by atoms with Gasteiger partial charge in [0.15, 0.2) is 17.3 Å². The van der Waals surface area contributed by atoms with Crippen LogP contribution in [-0.4, -0.2) is 41.0 Å². The summed E-state index contributed by atoms with van der Waals surface area (Å²) < 4.78 is 0. The molecule has 0 unspecified atom stereocenters. The first-order chi connectivity index (χ1) is 14.3. The van der Waals surface area contributed by atoms with E-state index < -0.39 is 29.2 Å². The maximum absolute atomic E-state index is 12.6. The van der Waals surface area contributed by atoms with Crippen LogP contribution in [0.5, 0.6) is 0 Å². The third-order valence-electron chi connectivity index (χ3n) is 4.54. The number of carboxylic acids is 1. The largest absolute Gasteiger partial charge is 0.478 e. The number of Topliss-reactive ketones (excluding diaryl/α,β-unsaturated/α-hetero) is 1. The fourth-order valence-corrected chi connectivity index (χ4v) is 2.81. The molecular formula is C23H24N2O5. The zero-order valence-electron chi connectivity index (χ0n) is 16.4. The minimum absolute atomic E-state index is 0.0535. The lowest BCUT2D eigenvalue weighted by Gasteiger charge is -2.09. The molecule has 0 spiro atoms. The highest BCUT2D eigenvalue weighted by Gasteiger charge is 2.23. The van der Waals surface area contributed by atoms with Gasteiger partial charge in [0.25, 0.3) is 0 Å². The number of hydrogen-bond acceptors (Lipinski definition) is 6. The minimum Gasteiger partial charge on any atom is -0.478 e. The fourth-order valence-electron chi connectivity index (χ4n) is 2.81. The SMILES string of the molecule is NCCCC[C@H](N)C(=O)C=C(C(=O)O)C(=O)c1ccc(C(=O)c2ccccc2)cc1. The van der Waals surface area contributed by atoms with E-state index in [0.29, 0.717) is 36.9 Å². The maximum Gasteiger partial charge on any atom is 0.339 e. The van der Waals surface area contributed by atoms with E-state index in [-0.39, 0.29) is 11.3 Å². The highest BCUT2D eigenvalue weighted by Crippen LogP contribution is 2.15. The Kier molecular flexibility index (Phi) is 8.34. The molecular weight excluding hydrogens is 384 g/mol. The van der Waals surface area contributed by atoms with Crippen molar-refractivity contribution < 1.29 is 24.3 Å². The number of carboxylic acid groups (broad SMARTS) is 1. The van der Waals surface area contributed by atoms with Crippen LogP contribution in [0.25, 0.3) is 0 Å². The van der Waals surface area contributed by atoms with Gasteiger partial charge in [-0.3, -0.25) is 14.4 Å². The molecule has 2 aromatic carbocycles. The smallest absolute Gasteiger partial charge is 0.339 e. The standard InChI is InChI=1S/C23H24N2O5/c24-13-5-4-8-19(25)20(26)14-18(23(29)30)22(28)17-11-9-16(10-12-17)21(27)15-6-2-1-3-7-15/h1-3,6-7,9-12,14,19H,4-5,8,13,24-25H2,(H,29,30)/t19-/m0/s1. The summed E-state index contributed by atoms with van der Waals surface area (Å²) in [5.41, 5.74) is 11.4. The van der Waals surface area contributed by atoms with Crippen LogP contribution in [0.4, 0.5) is 0 Å². The highest BCUT2D eigenvalue weighted by molar-refractivity contribution is 6.26. The Morgan fingerprint density at radius 1 is 0.867 bits per heavy atom. The number of nitrogens with two attached hydrogens (primary N) is 2. The minimum atomic E-state index is -1.52. The number of hydrogen-bond donors (Lipinski definition) is 3. The molecule has 0 radical (unpaired) electrons. The van der Waals surface area contributed by atoms with E-state index in [4.69, 9.17) is 11.5 Å². The summed E-state index contributed by atoms with van der Waals surface area (Å²) >= 11 is 0. The molecule has 5 N–H and O–H groups in total. The summed E-state index contributed by atoms with van der Waals surface area (Å²) in [5, 5.41) is 9.39. The van der Waals surface area contributed by atoms with Crippen molar-refractivity contribution in [2.24, 2.45) is 11.5 Å². The molecule has 0 saturated carbocycles. The van der Waals surface area contributed by atoms with Crippen LogP contribution < -0.4 is 11.5 Å². The molecule has 156 valence electrons. The van der Waals surface area contributed by atoms with Gasteiger partial charge in [0, 0.05) is 22.8 Å². The van der Waals surface area contributed by atoms with Crippen molar-refractivity contribution in [2.75, 3.05) is 6.54 Å². The quantitative estimate of drug-likeness (QED) is 0.170. The van der Waals surface area contributed by atoms with E-state index in [1.165, 1.54) is 24.3 Å². The van der Waals surface area contributed by atoms with Gasteiger partial charge in [-0.25, -0.2) is 4.79 Å². The molecule has 0 aliphatic carbocycles. The van der Waals surface area contributed by atoms with E-state index in [2.05, 4.69) is 0 Å². The molecule has 0 bridgehead atoms. The first-order valence-electron chi connectivity index (χ1n) is 9.54. The van der Waals surface area contributed by atoms with Crippen LogP contribution in [0, 0.1) is 0 Å². The number of unbranched alkanes of at least 4 members (excludes halogenated alkanes) is 1. The molecule has 0 aliphatic rings. The molecule has 0 fully saturated rings. The van der Waals surface area contributed by atoms with Crippen molar-refractivity contribution >= 4 is 23.3 Å². The fraction of sp³-hybridized carbons (Fsp3) is 0.217. The molecule has 7 nitrogen and oxygen atoms in total. The maximum atomic E-state index is 12.6. The van der Waals surface area contributed by atoms with Crippen LogP contribution in [0.3, 0.4) is 0 Å². The summed E-state index contributed by atoms with van der Waals surface area (Å²) in [5.74, 6) is -3.20. The molecule has 0 heterocycles. The first kappa shape index (κ1) is 22.9. The lowest BCUT2D eigenvalue weighted by Crippen LogP contribution is -2.30. The second-order valence-electron chi connectivity index (χ2n) is 6.76.